The van der Waals surface area contributed by atoms with Crippen LogP contribution in [0.1, 0.15) is 145 Å². The van der Waals surface area contributed by atoms with Crippen molar-refractivity contribution in [1.82, 2.24) is 10.6 Å². The van der Waals surface area contributed by atoms with Gasteiger partial charge in [0.05, 0.1) is 23.4 Å². The van der Waals surface area contributed by atoms with Crippen LogP contribution in [-0.4, -0.2) is 40.5 Å². The summed E-state index contributed by atoms with van der Waals surface area (Å²) in [4.78, 5) is 52.6. The third kappa shape index (κ3) is 5.93. The second kappa shape index (κ2) is 13.0. The molecule has 3 N–H and O–H groups in total. The van der Waals surface area contributed by atoms with Crippen molar-refractivity contribution in [2.24, 2.45) is 50.7 Å². The van der Waals surface area contributed by atoms with Crippen LogP contribution in [0.2, 0.25) is 0 Å². The summed E-state index contributed by atoms with van der Waals surface area (Å²) in [6.07, 6.45) is 7.54. The van der Waals surface area contributed by atoms with Gasteiger partial charge in [-0.25, -0.2) is 4.79 Å². The van der Waals surface area contributed by atoms with Gasteiger partial charge in [-0.3, -0.25) is 14.4 Å². The number of carboxylic acid groups (broad SMARTS) is 1. The quantitative estimate of drug-likeness (QED) is 0.231. The molecule has 0 radical (unpaired) electrons. The van der Waals surface area contributed by atoms with Crippen LogP contribution in [0.4, 0.5) is 4.79 Å². The van der Waals surface area contributed by atoms with Gasteiger partial charge >= 0.3 is 18.0 Å². The van der Waals surface area contributed by atoms with Crippen LogP contribution < -0.4 is 10.6 Å². The zero-order valence-corrected chi connectivity index (χ0v) is 33.4. The molecule has 0 saturated heterocycles. The predicted octanol–water partition coefficient (Wildman–Crippen LogP) is 9.19. The Morgan fingerprint density at radius 2 is 1.56 bits per heavy atom. The summed E-state index contributed by atoms with van der Waals surface area (Å²) in [5, 5.41) is 16.2. The van der Waals surface area contributed by atoms with Crippen LogP contribution in [0.25, 0.3) is 0 Å². The number of carbonyl (C=O) groups is 4. The molecule has 5 aliphatic carbocycles. The number of benzene rings is 1. The number of ether oxygens (including phenoxy) is 1. The lowest BCUT2D eigenvalue weighted by Crippen LogP contribution is -2.67. The van der Waals surface area contributed by atoms with Crippen molar-refractivity contribution >= 4 is 23.8 Å². The molecule has 0 bridgehead atoms. The third-order valence-electron chi connectivity index (χ3n) is 15.8. The minimum absolute atomic E-state index is 0.0310. The normalized spacial score (nSPS) is 37.2. The van der Waals surface area contributed by atoms with Gasteiger partial charge in [0.1, 0.15) is 6.10 Å². The van der Waals surface area contributed by atoms with Crippen molar-refractivity contribution in [2.45, 2.75) is 151 Å². The number of nitrogens with one attached hydrogen (secondary N) is 2. The van der Waals surface area contributed by atoms with Crippen LogP contribution in [0.3, 0.4) is 0 Å². The standard InChI is InChI=1S/C44H64N2O6/c1-26(2)35-30(47)24-44(46-38(51)45-27(3)28-14-12-11-13-15-28)23-22-42(9)29(36(35)44)16-17-32-41(8)20-19-33(52-34(48)25-39(4,5)37(49)50)40(6,7)31(41)18-21-43(32,42)10/h11-15,26-27,29,31-33H,16-25H2,1-10H3,(H,49,50)(H2,45,46,51)/t27-,29-,31+,32-,33+,41+,42-,43-,44-/m1/s1. The number of rotatable bonds is 8. The number of fused-ring (bicyclic) bond motifs is 7. The third-order valence-corrected chi connectivity index (χ3v) is 15.8. The Balaban J connectivity index is 1.27. The van der Waals surface area contributed by atoms with E-state index in [0.29, 0.717) is 18.3 Å². The van der Waals surface area contributed by atoms with Crippen LogP contribution in [0, 0.1) is 50.7 Å². The van der Waals surface area contributed by atoms with Gasteiger partial charge in [0.25, 0.3) is 0 Å². The van der Waals surface area contributed by atoms with Gasteiger partial charge in [-0.05, 0) is 129 Å². The number of allylic oxidation sites excluding steroid dienone is 1. The molecule has 0 unspecified atom stereocenters. The van der Waals surface area contributed by atoms with Gasteiger partial charge in [0, 0.05) is 11.8 Å². The van der Waals surface area contributed by atoms with Gasteiger partial charge in [0.2, 0.25) is 0 Å². The molecule has 0 spiro atoms. The minimum Gasteiger partial charge on any atom is -0.481 e. The van der Waals surface area contributed by atoms with Crippen molar-refractivity contribution in [3.63, 3.8) is 0 Å². The average Bonchev–Trinajstić information content (AvgIpc) is 3.34. The number of carbonyl (C=O) groups excluding carboxylic acids is 3. The molecule has 8 heteroatoms. The zero-order chi connectivity index (χ0) is 38.2. The van der Waals surface area contributed by atoms with E-state index in [0.717, 1.165) is 62.5 Å². The van der Waals surface area contributed by atoms with Crippen molar-refractivity contribution < 1.29 is 29.0 Å². The largest absolute Gasteiger partial charge is 0.481 e. The molecule has 8 nitrogen and oxygen atoms in total. The SMILES string of the molecule is CC(C)C1=C2[C@H]3CC[C@@H]4[C@@]5(C)CC[C@H](OC(=O)CC(C)(C)C(=O)O)C(C)(C)[C@@H]5CC[C@@]4(C)[C@]3(C)CC[C@@]2(NC(=O)N[C@H](C)c2ccccc2)CC1=O. The Morgan fingerprint density at radius 1 is 0.885 bits per heavy atom. The Hall–Kier alpha value is -3.16. The molecule has 0 aliphatic heterocycles. The highest BCUT2D eigenvalue weighted by atomic mass is 16.5. The molecule has 0 aromatic heterocycles. The maximum Gasteiger partial charge on any atom is 0.315 e. The predicted molar refractivity (Wildman–Crippen MR) is 202 cm³/mol. The fraction of sp³-hybridized carbons (Fsp3) is 0.727. The summed E-state index contributed by atoms with van der Waals surface area (Å²) < 4.78 is 6.16. The van der Waals surface area contributed by atoms with Gasteiger partial charge in [-0.2, -0.15) is 0 Å². The lowest BCUT2D eigenvalue weighted by molar-refractivity contribution is -0.232. The Bertz CT molecular complexity index is 1650. The number of carboxylic acids is 1. The zero-order valence-electron chi connectivity index (χ0n) is 33.4. The lowest BCUT2D eigenvalue weighted by atomic mass is 9.33. The van der Waals surface area contributed by atoms with E-state index >= 15 is 0 Å². The summed E-state index contributed by atoms with van der Waals surface area (Å²) >= 11 is 0. The van der Waals surface area contributed by atoms with Crippen LogP contribution in [-0.2, 0) is 19.1 Å². The summed E-state index contributed by atoms with van der Waals surface area (Å²) in [5.41, 5.74) is 1.16. The van der Waals surface area contributed by atoms with Gasteiger partial charge in [0.15, 0.2) is 5.78 Å². The number of hydrogen-bond donors (Lipinski definition) is 3. The highest BCUT2D eigenvalue weighted by Crippen LogP contribution is 2.76. The van der Waals surface area contributed by atoms with E-state index in [1.54, 1.807) is 13.8 Å². The molecule has 6 rings (SSSR count). The van der Waals surface area contributed by atoms with E-state index in [1.165, 1.54) is 5.57 Å². The fourth-order valence-electron chi connectivity index (χ4n) is 12.9. The summed E-state index contributed by atoms with van der Waals surface area (Å²) in [7, 11) is 0. The van der Waals surface area contributed by atoms with E-state index in [4.69, 9.17) is 4.74 Å². The van der Waals surface area contributed by atoms with E-state index in [1.807, 2.05) is 37.3 Å². The molecular formula is C44H64N2O6. The number of esters is 1. The summed E-state index contributed by atoms with van der Waals surface area (Å²) in [6.45, 7) is 21.5. The first-order chi connectivity index (χ1) is 24.1. The van der Waals surface area contributed by atoms with Crippen LogP contribution >= 0.6 is 0 Å². The number of amides is 2. The second-order valence-electron chi connectivity index (χ2n) is 19.7. The van der Waals surface area contributed by atoms with Crippen molar-refractivity contribution in [2.75, 3.05) is 0 Å². The van der Waals surface area contributed by atoms with E-state index < -0.39 is 22.9 Å². The van der Waals surface area contributed by atoms with E-state index in [9.17, 15) is 24.3 Å². The molecule has 286 valence electrons. The number of hydrogen-bond acceptors (Lipinski definition) is 5. The topological polar surface area (TPSA) is 122 Å². The van der Waals surface area contributed by atoms with Gasteiger partial charge in [-0.15, -0.1) is 0 Å². The molecule has 9 atom stereocenters. The van der Waals surface area contributed by atoms with Gasteiger partial charge in [-0.1, -0.05) is 78.8 Å². The molecule has 52 heavy (non-hydrogen) atoms. The Morgan fingerprint density at radius 3 is 2.19 bits per heavy atom. The molecule has 0 heterocycles. The van der Waals surface area contributed by atoms with Crippen LogP contribution in [0.15, 0.2) is 41.5 Å². The average molecular weight is 717 g/mol. The number of ketones is 1. The molecular weight excluding hydrogens is 652 g/mol. The molecule has 5 aliphatic rings. The highest BCUT2D eigenvalue weighted by molar-refractivity contribution is 6.02. The fourth-order valence-corrected chi connectivity index (χ4v) is 12.9. The van der Waals surface area contributed by atoms with Crippen molar-refractivity contribution in [3.05, 3.63) is 47.0 Å². The molecule has 2 amide bonds. The van der Waals surface area contributed by atoms with Gasteiger partial charge < -0.3 is 20.5 Å². The van der Waals surface area contributed by atoms with Crippen molar-refractivity contribution in [3.8, 4) is 0 Å². The Kier molecular flexibility index (Phi) is 9.64. The smallest absolute Gasteiger partial charge is 0.315 e. The number of Topliss-reactive ketones (excluding diaryl/α,β-unsaturated/α-hetero) is 1. The number of aliphatic carboxylic acids is 1. The maximum atomic E-state index is 14.0. The number of urea groups is 1. The summed E-state index contributed by atoms with van der Waals surface area (Å²) in [5.74, 6) is -0.112. The van der Waals surface area contributed by atoms with E-state index in [2.05, 4.69) is 59.1 Å². The minimum atomic E-state index is -1.17. The Labute approximate surface area is 311 Å². The van der Waals surface area contributed by atoms with Crippen molar-refractivity contribution in [1.29, 1.82) is 0 Å². The molecule has 1 aromatic carbocycles. The lowest BCUT2D eigenvalue weighted by Gasteiger charge is -2.72. The second-order valence-corrected chi connectivity index (χ2v) is 19.7. The molecule has 4 fully saturated rings. The van der Waals surface area contributed by atoms with Crippen LogP contribution in [0.5, 0.6) is 0 Å². The van der Waals surface area contributed by atoms with E-state index in [-0.39, 0.29) is 63.9 Å². The first-order valence-corrected chi connectivity index (χ1v) is 20.0. The summed E-state index contributed by atoms with van der Waals surface area (Å²) in [6, 6.07) is 9.61. The molecule has 4 saturated carbocycles. The maximum absolute atomic E-state index is 14.0. The monoisotopic (exact) mass is 716 g/mol. The first kappa shape index (κ1) is 38.6. The first-order valence-electron chi connectivity index (χ1n) is 20.0. The highest BCUT2D eigenvalue weighted by Gasteiger charge is 2.70. The molecule has 1 aromatic rings.